The minimum Gasteiger partial charge on any atom is -0.493 e. The van der Waals surface area contributed by atoms with Crippen molar-refractivity contribution in [3.63, 3.8) is 0 Å². The van der Waals surface area contributed by atoms with Crippen molar-refractivity contribution in [2.75, 3.05) is 27.7 Å². The Labute approximate surface area is 108 Å². The van der Waals surface area contributed by atoms with Crippen LogP contribution in [0.25, 0.3) is 0 Å². The van der Waals surface area contributed by atoms with Crippen LogP contribution in [0.4, 0.5) is 0 Å². The van der Waals surface area contributed by atoms with Gasteiger partial charge in [0.15, 0.2) is 17.5 Å². The highest BCUT2D eigenvalue weighted by Gasteiger charge is 2.08. The van der Waals surface area contributed by atoms with E-state index in [1.807, 2.05) is 38.2 Å². The highest BCUT2D eigenvalue weighted by atomic mass is 16.5. The number of hydrogen-bond donors (Lipinski definition) is 2. The first kappa shape index (κ1) is 14.2. The minimum atomic E-state index is 0.00593. The summed E-state index contributed by atoms with van der Waals surface area (Å²) in [6.07, 6.45) is 0.00593. The fourth-order valence-corrected chi connectivity index (χ4v) is 1.49. The average Bonchev–Trinajstić information content (AvgIpc) is 2.40. The molecule has 0 spiro atoms. The van der Waals surface area contributed by atoms with E-state index in [1.165, 1.54) is 0 Å². The number of guanidine groups is 1. The number of benzene rings is 1. The highest BCUT2D eigenvalue weighted by molar-refractivity contribution is 5.79. The number of aliphatic imine (C=N–C) groups is 1. The van der Waals surface area contributed by atoms with Crippen molar-refractivity contribution >= 4 is 5.96 Å². The van der Waals surface area contributed by atoms with Crippen molar-refractivity contribution in [2.24, 2.45) is 4.99 Å². The number of ether oxygens (including phenoxy) is 2. The molecule has 1 aromatic rings. The first-order valence-corrected chi connectivity index (χ1v) is 5.89. The van der Waals surface area contributed by atoms with Crippen LogP contribution < -0.4 is 20.1 Å². The third-order valence-electron chi connectivity index (χ3n) is 2.41. The molecule has 0 aliphatic carbocycles. The largest absolute Gasteiger partial charge is 0.493 e. The molecular formula is C13H21N3O2. The van der Waals surface area contributed by atoms with Crippen molar-refractivity contribution in [1.82, 2.24) is 10.6 Å². The summed E-state index contributed by atoms with van der Waals surface area (Å²) in [4.78, 5) is 4.03. The van der Waals surface area contributed by atoms with Crippen molar-refractivity contribution in [1.29, 1.82) is 0 Å². The summed E-state index contributed by atoms with van der Waals surface area (Å²) >= 11 is 0. The van der Waals surface area contributed by atoms with Gasteiger partial charge in [-0.25, -0.2) is 0 Å². The molecule has 5 nitrogen and oxygen atoms in total. The van der Waals surface area contributed by atoms with E-state index in [4.69, 9.17) is 9.47 Å². The second-order valence-corrected chi connectivity index (χ2v) is 3.78. The number of nitrogens with zero attached hydrogens (tertiary/aromatic N) is 1. The number of hydrogen-bond acceptors (Lipinski definition) is 3. The topological polar surface area (TPSA) is 54.9 Å². The lowest BCUT2D eigenvalue weighted by Gasteiger charge is -2.18. The monoisotopic (exact) mass is 251 g/mol. The molecule has 2 N–H and O–H groups in total. The zero-order valence-corrected chi connectivity index (χ0v) is 11.4. The maximum Gasteiger partial charge on any atom is 0.190 e. The third-order valence-corrected chi connectivity index (χ3v) is 2.41. The van der Waals surface area contributed by atoms with Crippen LogP contribution in [0.2, 0.25) is 0 Å². The van der Waals surface area contributed by atoms with Gasteiger partial charge >= 0.3 is 0 Å². The molecule has 0 radical (unpaired) electrons. The van der Waals surface area contributed by atoms with Gasteiger partial charge in [0.1, 0.15) is 6.10 Å². The predicted octanol–water partition coefficient (Wildman–Crippen LogP) is 1.26. The summed E-state index contributed by atoms with van der Waals surface area (Å²) in [5.41, 5.74) is 0. The lowest BCUT2D eigenvalue weighted by atomic mass is 10.3. The Morgan fingerprint density at radius 1 is 1.33 bits per heavy atom. The number of nitrogens with one attached hydrogen (secondary N) is 2. The first-order chi connectivity index (χ1) is 8.71. The molecule has 0 saturated heterocycles. The van der Waals surface area contributed by atoms with Crippen LogP contribution in [0, 0.1) is 0 Å². The Kier molecular flexibility index (Phi) is 5.84. The van der Waals surface area contributed by atoms with Crippen molar-refractivity contribution in [3.05, 3.63) is 24.3 Å². The number of rotatable bonds is 5. The first-order valence-electron chi connectivity index (χ1n) is 5.89. The zero-order chi connectivity index (χ0) is 13.4. The van der Waals surface area contributed by atoms with Crippen LogP contribution in [0.1, 0.15) is 6.92 Å². The van der Waals surface area contributed by atoms with Crippen LogP contribution >= 0.6 is 0 Å². The average molecular weight is 251 g/mol. The maximum absolute atomic E-state index is 5.81. The quantitative estimate of drug-likeness (QED) is 0.611. The van der Waals surface area contributed by atoms with E-state index in [9.17, 15) is 0 Å². The second-order valence-electron chi connectivity index (χ2n) is 3.78. The molecular weight excluding hydrogens is 230 g/mol. The van der Waals surface area contributed by atoms with Crippen LogP contribution in [0.5, 0.6) is 11.5 Å². The molecule has 1 unspecified atom stereocenters. The van der Waals surface area contributed by atoms with Gasteiger partial charge in [0, 0.05) is 14.1 Å². The van der Waals surface area contributed by atoms with Gasteiger partial charge in [0.25, 0.3) is 0 Å². The molecule has 5 heteroatoms. The Balaban J connectivity index is 2.51. The summed E-state index contributed by atoms with van der Waals surface area (Å²) in [5, 5.41) is 6.10. The number of para-hydroxylation sites is 2. The lowest BCUT2D eigenvalue weighted by Crippen LogP contribution is -2.40. The van der Waals surface area contributed by atoms with Gasteiger partial charge < -0.3 is 20.1 Å². The molecule has 0 saturated carbocycles. The summed E-state index contributed by atoms with van der Waals surface area (Å²) in [7, 11) is 5.18. The van der Waals surface area contributed by atoms with Crippen molar-refractivity contribution < 1.29 is 9.47 Å². The SMILES string of the molecule is CN=C(NC)NCC(C)Oc1ccccc1OC. The van der Waals surface area contributed by atoms with Gasteiger partial charge in [0.2, 0.25) is 0 Å². The molecule has 1 aromatic carbocycles. The summed E-state index contributed by atoms with van der Waals surface area (Å²) < 4.78 is 11.0. The Hall–Kier alpha value is -1.91. The molecule has 0 bridgehead atoms. The molecule has 18 heavy (non-hydrogen) atoms. The van der Waals surface area contributed by atoms with Gasteiger partial charge in [-0.05, 0) is 19.1 Å². The van der Waals surface area contributed by atoms with Crippen LogP contribution in [0.3, 0.4) is 0 Å². The Bertz CT molecular complexity index is 394. The van der Waals surface area contributed by atoms with E-state index in [-0.39, 0.29) is 6.10 Å². The Morgan fingerprint density at radius 3 is 2.56 bits per heavy atom. The fourth-order valence-electron chi connectivity index (χ4n) is 1.49. The van der Waals surface area contributed by atoms with E-state index >= 15 is 0 Å². The molecule has 1 rings (SSSR count). The molecule has 0 aliphatic rings. The van der Waals surface area contributed by atoms with Crippen LogP contribution in [-0.2, 0) is 0 Å². The van der Waals surface area contributed by atoms with E-state index in [1.54, 1.807) is 14.2 Å². The van der Waals surface area contributed by atoms with E-state index in [0.717, 1.165) is 17.5 Å². The van der Waals surface area contributed by atoms with E-state index in [0.29, 0.717) is 6.54 Å². The maximum atomic E-state index is 5.81. The van der Waals surface area contributed by atoms with Crippen molar-refractivity contribution in [3.8, 4) is 11.5 Å². The molecule has 0 fully saturated rings. The minimum absolute atomic E-state index is 0.00593. The van der Waals surface area contributed by atoms with Crippen LogP contribution in [0.15, 0.2) is 29.3 Å². The fraction of sp³-hybridized carbons (Fsp3) is 0.462. The highest BCUT2D eigenvalue weighted by Crippen LogP contribution is 2.26. The lowest BCUT2D eigenvalue weighted by molar-refractivity contribution is 0.213. The summed E-state index contributed by atoms with van der Waals surface area (Å²) in [5.74, 6) is 2.22. The zero-order valence-electron chi connectivity index (χ0n) is 11.4. The molecule has 0 aliphatic heterocycles. The molecule has 0 amide bonds. The third kappa shape index (κ3) is 4.16. The molecule has 100 valence electrons. The van der Waals surface area contributed by atoms with Gasteiger partial charge in [-0.1, -0.05) is 12.1 Å². The van der Waals surface area contributed by atoms with E-state index < -0.39 is 0 Å². The molecule has 0 heterocycles. The normalized spacial score (nSPS) is 12.8. The second kappa shape index (κ2) is 7.42. The number of methoxy groups -OCH3 is 1. The van der Waals surface area contributed by atoms with Crippen molar-refractivity contribution in [2.45, 2.75) is 13.0 Å². The van der Waals surface area contributed by atoms with Gasteiger partial charge in [-0.3, -0.25) is 4.99 Å². The smallest absolute Gasteiger partial charge is 0.190 e. The molecule has 1 atom stereocenters. The predicted molar refractivity (Wildman–Crippen MR) is 73.5 cm³/mol. The standard InChI is InChI=1S/C13H21N3O2/c1-10(9-16-13(14-2)15-3)18-12-8-6-5-7-11(12)17-4/h5-8,10H,9H2,1-4H3,(H2,14,15,16). The summed E-state index contributed by atoms with van der Waals surface area (Å²) in [6, 6.07) is 7.60. The van der Waals surface area contributed by atoms with Gasteiger partial charge in [-0.15, -0.1) is 0 Å². The van der Waals surface area contributed by atoms with Gasteiger partial charge in [0.05, 0.1) is 13.7 Å². The molecule has 0 aromatic heterocycles. The van der Waals surface area contributed by atoms with Crippen LogP contribution in [-0.4, -0.2) is 39.8 Å². The van der Waals surface area contributed by atoms with E-state index in [2.05, 4.69) is 15.6 Å². The summed E-state index contributed by atoms with van der Waals surface area (Å²) in [6.45, 7) is 2.65. The Morgan fingerprint density at radius 2 is 2.00 bits per heavy atom. The van der Waals surface area contributed by atoms with Gasteiger partial charge in [-0.2, -0.15) is 0 Å².